The van der Waals surface area contributed by atoms with E-state index < -0.39 is 0 Å². The van der Waals surface area contributed by atoms with E-state index in [-0.39, 0.29) is 0 Å². The lowest BCUT2D eigenvalue weighted by Crippen LogP contribution is -2.17. The Hall–Kier alpha value is -0.0400. The highest BCUT2D eigenvalue weighted by atomic mass is 16.2. The summed E-state index contributed by atoms with van der Waals surface area (Å²) < 4.78 is 0. The lowest BCUT2D eigenvalue weighted by molar-refractivity contribution is 0.238. The highest BCUT2D eigenvalue weighted by Gasteiger charge is 2.34. The second-order valence-electron chi connectivity index (χ2n) is 4.26. The minimum atomic E-state index is 1.00. The van der Waals surface area contributed by atoms with E-state index >= 15 is 0 Å². The van der Waals surface area contributed by atoms with Crippen molar-refractivity contribution in [3.8, 4) is 0 Å². The van der Waals surface area contributed by atoms with Gasteiger partial charge in [-0.3, -0.25) is 0 Å². The van der Waals surface area contributed by atoms with Gasteiger partial charge in [0.2, 0.25) is 0 Å². The van der Waals surface area contributed by atoms with E-state index in [1.807, 2.05) is 0 Å². The number of fused-ring (bicyclic) bond motifs is 1. The van der Waals surface area contributed by atoms with Gasteiger partial charge in [-0.25, -0.2) is 0 Å². The molecule has 2 aliphatic carbocycles. The van der Waals surface area contributed by atoms with Crippen LogP contribution in [0.5, 0.6) is 0 Å². The van der Waals surface area contributed by atoms with E-state index in [2.05, 4.69) is 6.92 Å². The molecule has 0 saturated heterocycles. The van der Waals surface area contributed by atoms with Crippen molar-refractivity contribution < 1.29 is 5.11 Å². The molecule has 2 saturated carbocycles. The summed E-state index contributed by atoms with van der Waals surface area (Å²) in [5, 5.41) is 7.00. The fourth-order valence-electron chi connectivity index (χ4n) is 3.03. The average Bonchev–Trinajstić information content (AvgIpc) is 2.53. The molecule has 3 unspecified atom stereocenters. The van der Waals surface area contributed by atoms with Gasteiger partial charge in [0.25, 0.3) is 0 Å². The zero-order valence-corrected chi connectivity index (χ0v) is 8.42. The Bertz CT molecular complexity index is 120. The fraction of sp³-hybridized carbons (Fsp3) is 1.00. The van der Waals surface area contributed by atoms with E-state index in [0.717, 1.165) is 24.9 Å². The predicted molar refractivity (Wildman–Crippen MR) is 52.0 cm³/mol. The van der Waals surface area contributed by atoms with Crippen LogP contribution in [0.2, 0.25) is 0 Å². The molecule has 1 heteroatoms. The van der Waals surface area contributed by atoms with Gasteiger partial charge in [0.15, 0.2) is 0 Å². The van der Waals surface area contributed by atoms with Gasteiger partial charge in [-0.15, -0.1) is 0 Å². The first-order valence-corrected chi connectivity index (χ1v) is 5.32. The molecule has 0 aromatic heterocycles. The maximum Gasteiger partial charge on any atom is 0.0319 e. The minimum Gasteiger partial charge on any atom is -0.400 e. The largest absolute Gasteiger partial charge is 0.400 e. The van der Waals surface area contributed by atoms with Crippen molar-refractivity contribution in [2.75, 3.05) is 7.11 Å². The first-order chi connectivity index (χ1) is 5.88. The highest BCUT2D eigenvalue weighted by Crippen LogP contribution is 2.45. The van der Waals surface area contributed by atoms with Crippen LogP contribution in [-0.4, -0.2) is 12.2 Å². The minimum absolute atomic E-state index is 1.00. The van der Waals surface area contributed by atoms with Gasteiger partial charge in [-0.05, 0) is 30.6 Å². The summed E-state index contributed by atoms with van der Waals surface area (Å²) in [5.41, 5.74) is 0. The van der Waals surface area contributed by atoms with Gasteiger partial charge in [0.1, 0.15) is 0 Å². The van der Waals surface area contributed by atoms with E-state index in [1.54, 1.807) is 19.3 Å². The molecule has 2 rings (SSSR count). The molecule has 1 nitrogen and oxygen atoms in total. The third kappa shape index (κ3) is 2.01. The summed E-state index contributed by atoms with van der Waals surface area (Å²) in [4.78, 5) is 0. The predicted octanol–water partition coefficient (Wildman–Crippen LogP) is 2.83. The summed E-state index contributed by atoms with van der Waals surface area (Å²) in [6.07, 6.45) is 9.21. The van der Waals surface area contributed by atoms with Crippen molar-refractivity contribution in [2.24, 2.45) is 17.8 Å². The Morgan fingerprint density at radius 3 is 2.25 bits per heavy atom. The maximum absolute atomic E-state index is 7.00. The van der Waals surface area contributed by atoms with Crippen LogP contribution in [0.1, 0.15) is 45.4 Å². The van der Waals surface area contributed by atoms with E-state index in [0.29, 0.717) is 0 Å². The summed E-state index contributed by atoms with van der Waals surface area (Å²) in [5.74, 6) is 3.34. The number of hydrogen-bond acceptors (Lipinski definition) is 1. The number of rotatable bonds is 0. The van der Waals surface area contributed by atoms with Crippen LogP contribution in [0.3, 0.4) is 0 Å². The van der Waals surface area contributed by atoms with E-state index in [4.69, 9.17) is 5.11 Å². The molecule has 0 heterocycles. The molecule has 12 heavy (non-hydrogen) atoms. The van der Waals surface area contributed by atoms with Gasteiger partial charge < -0.3 is 5.11 Å². The quantitative estimate of drug-likeness (QED) is 0.592. The van der Waals surface area contributed by atoms with Crippen LogP contribution in [0.4, 0.5) is 0 Å². The van der Waals surface area contributed by atoms with Crippen LogP contribution in [-0.2, 0) is 0 Å². The van der Waals surface area contributed by atoms with Crippen molar-refractivity contribution in [1.82, 2.24) is 0 Å². The van der Waals surface area contributed by atoms with Crippen LogP contribution in [0, 0.1) is 17.8 Å². The van der Waals surface area contributed by atoms with Crippen molar-refractivity contribution in [2.45, 2.75) is 45.4 Å². The Kier molecular flexibility index (Phi) is 4.07. The Morgan fingerprint density at radius 2 is 1.58 bits per heavy atom. The van der Waals surface area contributed by atoms with Gasteiger partial charge in [-0.2, -0.15) is 0 Å². The van der Waals surface area contributed by atoms with Crippen molar-refractivity contribution in [3.63, 3.8) is 0 Å². The lowest BCUT2D eigenvalue weighted by atomic mass is 9.79. The van der Waals surface area contributed by atoms with Crippen LogP contribution in [0.15, 0.2) is 0 Å². The molecule has 0 aromatic rings. The Labute approximate surface area is 76.2 Å². The monoisotopic (exact) mass is 170 g/mol. The Balaban J connectivity index is 0.000000336. The molecule has 0 aromatic carbocycles. The third-order valence-corrected chi connectivity index (χ3v) is 3.69. The maximum atomic E-state index is 7.00. The molecule has 1 N–H and O–H groups in total. The smallest absolute Gasteiger partial charge is 0.0319 e. The summed E-state index contributed by atoms with van der Waals surface area (Å²) in [6, 6.07) is 0. The molecule has 0 spiro atoms. The molecular formula is C11H22O. The molecule has 2 fully saturated rings. The van der Waals surface area contributed by atoms with Gasteiger partial charge >= 0.3 is 0 Å². The topological polar surface area (TPSA) is 20.2 Å². The molecule has 0 aliphatic heterocycles. The number of hydrogen-bond donors (Lipinski definition) is 1. The molecule has 2 aliphatic rings. The Morgan fingerprint density at radius 1 is 0.917 bits per heavy atom. The van der Waals surface area contributed by atoms with Crippen LogP contribution in [0.25, 0.3) is 0 Å². The third-order valence-electron chi connectivity index (χ3n) is 3.69. The molecule has 0 bridgehead atoms. The summed E-state index contributed by atoms with van der Waals surface area (Å²) in [6.45, 7) is 2.45. The molecule has 0 amide bonds. The summed E-state index contributed by atoms with van der Waals surface area (Å²) >= 11 is 0. The zero-order chi connectivity index (χ0) is 8.97. The second-order valence-corrected chi connectivity index (χ2v) is 4.26. The number of aliphatic hydroxyl groups excluding tert-OH is 1. The standard InChI is InChI=1S/C10H18.CH4O/c1-8-6-7-9-4-2-3-5-10(8)9;1-2/h8-10H,2-7H2,1H3;2H,1H3. The SMILES string of the molecule is CC1CCC2CCCCC12.CO. The first kappa shape index (κ1) is 10.0. The van der Waals surface area contributed by atoms with Crippen LogP contribution < -0.4 is 0 Å². The van der Waals surface area contributed by atoms with Gasteiger partial charge in [0.05, 0.1) is 0 Å². The lowest BCUT2D eigenvalue weighted by Gasteiger charge is -2.27. The molecule has 72 valence electrons. The van der Waals surface area contributed by atoms with Gasteiger partial charge in [-0.1, -0.05) is 32.6 Å². The normalized spacial score (nSPS) is 39.8. The fourth-order valence-corrected chi connectivity index (χ4v) is 3.03. The summed E-state index contributed by atoms with van der Waals surface area (Å²) in [7, 11) is 1.00. The molecule has 3 atom stereocenters. The van der Waals surface area contributed by atoms with Crippen LogP contribution >= 0.6 is 0 Å². The second kappa shape index (κ2) is 4.86. The van der Waals surface area contributed by atoms with Gasteiger partial charge in [0, 0.05) is 7.11 Å². The van der Waals surface area contributed by atoms with E-state index in [9.17, 15) is 0 Å². The van der Waals surface area contributed by atoms with E-state index in [1.165, 1.54) is 19.3 Å². The van der Waals surface area contributed by atoms with Crippen molar-refractivity contribution in [1.29, 1.82) is 0 Å². The first-order valence-electron chi connectivity index (χ1n) is 5.32. The molecule has 0 radical (unpaired) electrons. The highest BCUT2D eigenvalue weighted by molar-refractivity contribution is 4.85. The molecular weight excluding hydrogens is 148 g/mol. The number of aliphatic hydroxyl groups is 1. The van der Waals surface area contributed by atoms with Crippen molar-refractivity contribution in [3.05, 3.63) is 0 Å². The zero-order valence-electron chi connectivity index (χ0n) is 8.42. The van der Waals surface area contributed by atoms with Crippen molar-refractivity contribution >= 4 is 0 Å². The average molecular weight is 170 g/mol.